The van der Waals surface area contributed by atoms with Gasteiger partial charge in [0, 0.05) is 15.6 Å². The Hall–Kier alpha value is -0.580. The van der Waals surface area contributed by atoms with E-state index < -0.39 is 5.79 Å². The average Bonchev–Trinajstić information content (AvgIpc) is 2.94. The minimum Gasteiger partial charge on any atom is -0.342 e. The first-order chi connectivity index (χ1) is 10.1. The van der Waals surface area contributed by atoms with Crippen molar-refractivity contribution in [2.75, 3.05) is 11.9 Å². The first kappa shape index (κ1) is 15.3. The van der Waals surface area contributed by atoms with Crippen molar-refractivity contribution in [2.45, 2.75) is 11.9 Å². The Morgan fingerprint density at radius 1 is 1.10 bits per heavy atom. The molecule has 1 aliphatic rings. The first-order valence-electron chi connectivity index (χ1n) is 6.53. The maximum atomic E-state index is 6.29. The van der Waals surface area contributed by atoms with E-state index in [0.717, 1.165) is 11.1 Å². The molecular weight excluding hydrogens is 375 g/mol. The summed E-state index contributed by atoms with van der Waals surface area (Å²) in [5.74, 6) is -0.858. The first-order valence-corrected chi connectivity index (χ1v) is 8.40. The van der Waals surface area contributed by atoms with Crippen molar-refractivity contribution in [3.8, 4) is 0 Å². The Bertz CT molecular complexity index is 632. The molecule has 5 heteroatoms. The highest BCUT2D eigenvalue weighted by atomic mass is 79.9. The van der Waals surface area contributed by atoms with E-state index in [0.29, 0.717) is 22.0 Å². The van der Waals surface area contributed by atoms with Crippen LogP contribution in [0.5, 0.6) is 0 Å². The number of hydrogen-bond acceptors (Lipinski definition) is 2. The van der Waals surface area contributed by atoms with Crippen molar-refractivity contribution in [3.63, 3.8) is 0 Å². The van der Waals surface area contributed by atoms with Crippen molar-refractivity contribution in [3.05, 3.63) is 69.7 Å². The second-order valence-corrected chi connectivity index (χ2v) is 6.24. The zero-order chi connectivity index (χ0) is 14.9. The van der Waals surface area contributed by atoms with Gasteiger partial charge in [0.2, 0.25) is 5.79 Å². The number of benzene rings is 2. The Kier molecular flexibility index (Phi) is 4.57. The lowest BCUT2D eigenvalue weighted by atomic mass is 10.1. The van der Waals surface area contributed by atoms with Crippen LogP contribution < -0.4 is 0 Å². The quantitative estimate of drug-likeness (QED) is 0.662. The summed E-state index contributed by atoms with van der Waals surface area (Å²) in [4.78, 5) is 0. The Morgan fingerprint density at radius 3 is 2.48 bits per heavy atom. The zero-order valence-electron chi connectivity index (χ0n) is 11.1. The Morgan fingerprint density at radius 2 is 1.81 bits per heavy atom. The van der Waals surface area contributed by atoms with Gasteiger partial charge in [-0.1, -0.05) is 69.5 Å². The molecule has 2 nitrogen and oxygen atoms in total. The van der Waals surface area contributed by atoms with Gasteiger partial charge in [0.15, 0.2) is 0 Å². The highest BCUT2D eigenvalue weighted by Gasteiger charge is 2.44. The molecular formula is C16H13BrCl2O2. The van der Waals surface area contributed by atoms with Gasteiger partial charge < -0.3 is 9.47 Å². The van der Waals surface area contributed by atoms with E-state index in [4.69, 9.17) is 32.7 Å². The lowest BCUT2D eigenvalue weighted by molar-refractivity contribution is -0.157. The number of halogens is 3. The van der Waals surface area contributed by atoms with Crippen molar-refractivity contribution in [1.82, 2.24) is 0 Å². The van der Waals surface area contributed by atoms with Crippen molar-refractivity contribution < 1.29 is 9.47 Å². The molecule has 1 fully saturated rings. The Labute approximate surface area is 142 Å². The molecule has 2 atom stereocenters. The summed E-state index contributed by atoms with van der Waals surface area (Å²) < 4.78 is 12.2. The Balaban J connectivity index is 1.90. The topological polar surface area (TPSA) is 18.5 Å². The smallest absolute Gasteiger partial charge is 0.207 e. The van der Waals surface area contributed by atoms with E-state index in [-0.39, 0.29) is 6.10 Å². The van der Waals surface area contributed by atoms with Crippen molar-refractivity contribution in [1.29, 1.82) is 0 Å². The summed E-state index contributed by atoms with van der Waals surface area (Å²) in [7, 11) is 0. The predicted octanol–water partition coefficient (Wildman–Crippen LogP) is 5.33. The molecule has 3 rings (SSSR count). The molecule has 0 aliphatic carbocycles. The molecule has 1 aliphatic heterocycles. The van der Waals surface area contributed by atoms with E-state index in [2.05, 4.69) is 15.9 Å². The highest BCUT2D eigenvalue weighted by molar-refractivity contribution is 9.09. The predicted molar refractivity (Wildman–Crippen MR) is 88.2 cm³/mol. The van der Waals surface area contributed by atoms with Crippen molar-refractivity contribution in [2.24, 2.45) is 0 Å². The molecule has 0 bridgehead atoms. The molecule has 1 saturated heterocycles. The standard InChI is InChI=1S/C16H13BrCl2O2/c17-10-16(13-3-1-2-4-14(13)19)20-9-15(21-16)11-5-7-12(18)8-6-11/h1-8,15H,9-10H2/t15-,16-/m0/s1. The summed E-state index contributed by atoms with van der Waals surface area (Å²) in [5, 5.41) is 1.85. The SMILES string of the molecule is Clc1ccc([C@@H]2CO[C@](CBr)(c3ccccc3Cl)O2)cc1. The molecule has 0 amide bonds. The molecule has 0 radical (unpaired) electrons. The molecule has 0 saturated carbocycles. The molecule has 0 aromatic heterocycles. The van der Waals surface area contributed by atoms with Crippen LogP contribution in [0.1, 0.15) is 17.2 Å². The average molecular weight is 388 g/mol. The summed E-state index contributed by atoms with van der Waals surface area (Å²) in [5.41, 5.74) is 1.87. The van der Waals surface area contributed by atoms with Crippen LogP contribution in [0, 0.1) is 0 Å². The fraction of sp³-hybridized carbons (Fsp3) is 0.250. The third kappa shape index (κ3) is 2.99. The molecule has 2 aromatic carbocycles. The maximum Gasteiger partial charge on any atom is 0.207 e. The van der Waals surface area contributed by atoms with Gasteiger partial charge in [-0.3, -0.25) is 0 Å². The monoisotopic (exact) mass is 386 g/mol. The van der Waals surface area contributed by atoms with E-state index in [9.17, 15) is 0 Å². The number of ether oxygens (including phenoxy) is 2. The lowest BCUT2D eigenvalue weighted by Gasteiger charge is -2.27. The van der Waals surface area contributed by atoms with Gasteiger partial charge >= 0.3 is 0 Å². The molecule has 21 heavy (non-hydrogen) atoms. The van der Waals surface area contributed by atoms with E-state index >= 15 is 0 Å². The largest absolute Gasteiger partial charge is 0.342 e. The molecule has 0 N–H and O–H groups in total. The second-order valence-electron chi connectivity index (χ2n) is 4.84. The van der Waals surface area contributed by atoms with Gasteiger partial charge in [-0.15, -0.1) is 0 Å². The van der Waals surface area contributed by atoms with Crippen LogP contribution in [0.3, 0.4) is 0 Å². The van der Waals surface area contributed by atoms with Crippen LogP contribution in [-0.4, -0.2) is 11.9 Å². The van der Waals surface area contributed by atoms with Gasteiger partial charge in [0.25, 0.3) is 0 Å². The maximum absolute atomic E-state index is 6.29. The van der Waals surface area contributed by atoms with Crippen LogP contribution in [0.15, 0.2) is 48.5 Å². The van der Waals surface area contributed by atoms with E-state index in [1.54, 1.807) is 0 Å². The fourth-order valence-corrected chi connectivity index (χ4v) is 3.41. The van der Waals surface area contributed by atoms with E-state index in [1.807, 2.05) is 48.5 Å². The summed E-state index contributed by atoms with van der Waals surface area (Å²) in [6.45, 7) is 0.471. The third-order valence-corrected chi connectivity index (χ3v) is 4.82. The number of hydrogen-bond donors (Lipinski definition) is 0. The minimum atomic E-state index is -0.858. The van der Waals surface area contributed by atoms with Gasteiger partial charge in [0.05, 0.1) is 11.9 Å². The van der Waals surface area contributed by atoms with Crippen LogP contribution >= 0.6 is 39.1 Å². The number of rotatable bonds is 3. The molecule has 2 aromatic rings. The van der Waals surface area contributed by atoms with Gasteiger partial charge in [-0.25, -0.2) is 0 Å². The third-order valence-electron chi connectivity index (χ3n) is 3.50. The van der Waals surface area contributed by atoms with Crippen LogP contribution in [0.2, 0.25) is 10.0 Å². The van der Waals surface area contributed by atoms with Crippen LogP contribution in [0.4, 0.5) is 0 Å². The van der Waals surface area contributed by atoms with Gasteiger partial charge in [0.1, 0.15) is 6.10 Å². The van der Waals surface area contributed by atoms with Crippen molar-refractivity contribution >= 4 is 39.1 Å². The number of alkyl halides is 1. The fourth-order valence-electron chi connectivity index (χ4n) is 2.40. The molecule has 0 unspecified atom stereocenters. The molecule has 1 heterocycles. The second kappa shape index (κ2) is 6.27. The summed E-state index contributed by atoms with van der Waals surface area (Å²) in [6, 6.07) is 15.2. The minimum absolute atomic E-state index is 0.143. The summed E-state index contributed by atoms with van der Waals surface area (Å²) in [6.07, 6.45) is -0.143. The van der Waals surface area contributed by atoms with E-state index in [1.165, 1.54) is 0 Å². The van der Waals surface area contributed by atoms with Gasteiger partial charge in [-0.05, 0) is 23.8 Å². The van der Waals surface area contributed by atoms with Crippen LogP contribution in [-0.2, 0) is 15.3 Å². The van der Waals surface area contributed by atoms with Crippen LogP contribution in [0.25, 0.3) is 0 Å². The highest BCUT2D eigenvalue weighted by Crippen LogP contribution is 2.43. The lowest BCUT2D eigenvalue weighted by Crippen LogP contribution is -2.29. The summed E-state index contributed by atoms with van der Waals surface area (Å²) >= 11 is 15.7. The normalized spacial score (nSPS) is 25.2. The van der Waals surface area contributed by atoms with Gasteiger partial charge in [-0.2, -0.15) is 0 Å². The zero-order valence-corrected chi connectivity index (χ0v) is 14.2. The molecule has 110 valence electrons. The molecule has 0 spiro atoms.